The number of amides is 1. The van der Waals surface area contributed by atoms with E-state index in [1.165, 1.54) is 29.0 Å². The number of halogens is 1. The van der Waals surface area contributed by atoms with Gasteiger partial charge in [-0.2, -0.15) is 0 Å². The lowest BCUT2D eigenvalue weighted by molar-refractivity contribution is -0.119. The molecule has 0 saturated carbocycles. The van der Waals surface area contributed by atoms with Crippen molar-refractivity contribution in [2.24, 2.45) is 0 Å². The Morgan fingerprint density at radius 3 is 2.96 bits per heavy atom. The smallest absolute Gasteiger partial charge is 0.230 e. The Morgan fingerprint density at radius 1 is 1.38 bits per heavy atom. The molecule has 1 aliphatic rings. The van der Waals surface area contributed by atoms with Gasteiger partial charge >= 0.3 is 0 Å². The highest BCUT2D eigenvalue weighted by Crippen LogP contribution is 2.36. The van der Waals surface area contributed by atoms with E-state index in [-0.39, 0.29) is 11.9 Å². The highest BCUT2D eigenvalue weighted by molar-refractivity contribution is 8.00. The fourth-order valence-electron chi connectivity index (χ4n) is 3.08. The van der Waals surface area contributed by atoms with Crippen LogP contribution in [0.2, 0.25) is 5.02 Å². The number of hydrogen-bond acceptors (Lipinski definition) is 3. The Kier molecular flexibility index (Phi) is 5.67. The number of aryl methyl sites for hydroxylation is 1. The number of nitrogens with zero attached hydrogens (tertiary/aromatic N) is 1. The number of fused-ring (bicyclic) bond motifs is 2. The van der Waals surface area contributed by atoms with Crippen molar-refractivity contribution in [1.29, 1.82) is 0 Å². The molecule has 0 spiro atoms. The number of thioether (sulfide) groups is 1. The maximum atomic E-state index is 12.2. The topological polar surface area (TPSA) is 42.0 Å². The Morgan fingerprint density at radius 2 is 2.17 bits per heavy atom. The zero-order valence-corrected chi connectivity index (χ0v) is 15.8. The Balaban J connectivity index is 1.91. The van der Waals surface area contributed by atoms with Gasteiger partial charge in [0, 0.05) is 27.0 Å². The van der Waals surface area contributed by atoms with Crippen molar-refractivity contribution in [2.45, 2.75) is 56.9 Å². The van der Waals surface area contributed by atoms with Gasteiger partial charge in [-0.15, -0.1) is 11.8 Å². The summed E-state index contributed by atoms with van der Waals surface area (Å²) in [5, 5.41) is 4.86. The molecule has 1 atom stereocenters. The summed E-state index contributed by atoms with van der Waals surface area (Å²) >= 11 is 7.78. The second kappa shape index (κ2) is 7.75. The van der Waals surface area contributed by atoms with Gasteiger partial charge in [0.2, 0.25) is 5.91 Å². The van der Waals surface area contributed by atoms with Crippen LogP contribution in [0.3, 0.4) is 0 Å². The van der Waals surface area contributed by atoms with E-state index in [4.69, 9.17) is 16.6 Å². The number of rotatable bonds is 5. The predicted molar refractivity (Wildman–Crippen MR) is 102 cm³/mol. The number of benzene rings is 1. The molecule has 3 rings (SSSR count). The second-order valence-electron chi connectivity index (χ2n) is 6.40. The highest BCUT2D eigenvalue weighted by atomic mass is 35.5. The van der Waals surface area contributed by atoms with E-state index in [2.05, 4.69) is 12.2 Å². The third kappa shape index (κ3) is 3.86. The summed E-state index contributed by atoms with van der Waals surface area (Å²) in [4.78, 5) is 18.2. The molecule has 3 nitrogen and oxygen atoms in total. The van der Waals surface area contributed by atoms with E-state index in [1.54, 1.807) is 11.8 Å². The van der Waals surface area contributed by atoms with Crippen molar-refractivity contribution in [2.75, 3.05) is 5.75 Å². The third-order valence-corrected chi connectivity index (χ3v) is 5.94. The molecule has 0 unspecified atom stereocenters. The van der Waals surface area contributed by atoms with Gasteiger partial charge in [0.25, 0.3) is 0 Å². The van der Waals surface area contributed by atoms with Crippen LogP contribution < -0.4 is 5.32 Å². The molecule has 0 radical (unpaired) electrons. The number of aromatic nitrogens is 1. The maximum absolute atomic E-state index is 12.2. The summed E-state index contributed by atoms with van der Waals surface area (Å²) in [5.74, 6) is 0.538. The molecule has 24 heavy (non-hydrogen) atoms. The van der Waals surface area contributed by atoms with Gasteiger partial charge in [0.1, 0.15) is 0 Å². The van der Waals surface area contributed by atoms with Crippen LogP contribution in [0.5, 0.6) is 0 Å². The van der Waals surface area contributed by atoms with Gasteiger partial charge in [-0.25, -0.2) is 0 Å². The predicted octanol–water partition coefficient (Wildman–Crippen LogP) is 4.77. The fourth-order valence-corrected chi connectivity index (χ4v) is 4.32. The first-order valence-corrected chi connectivity index (χ1v) is 9.98. The van der Waals surface area contributed by atoms with Gasteiger partial charge in [-0.1, -0.05) is 24.6 Å². The molecule has 1 aliphatic carbocycles. The van der Waals surface area contributed by atoms with Gasteiger partial charge < -0.3 is 5.32 Å². The molecular weight excluding hydrogens is 340 g/mol. The van der Waals surface area contributed by atoms with E-state index in [1.807, 2.05) is 25.1 Å². The van der Waals surface area contributed by atoms with Crippen LogP contribution in [0.4, 0.5) is 0 Å². The van der Waals surface area contributed by atoms with E-state index < -0.39 is 0 Å². The van der Waals surface area contributed by atoms with Crippen molar-refractivity contribution >= 4 is 40.2 Å². The second-order valence-corrected chi connectivity index (χ2v) is 7.82. The normalized spacial score (nSPS) is 15.1. The van der Waals surface area contributed by atoms with Crippen molar-refractivity contribution < 1.29 is 4.79 Å². The van der Waals surface area contributed by atoms with Crippen molar-refractivity contribution in [3.63, 3.8) is 0 Å². The molecular formula is C19H23ClN2OS. The quantitative estimate of drug-likeness (QED) is 0.778. The molecule has 1 aromatic heterocycles. The summed E-state index contributed by atoms with van der Waals surface area (Å²) in [6.07, 6.45) is 5.40. The van der Waals surface area contributed by atoms with Crippen molar-refractivity contribution in [3.05, 3.63) is 34.5 Å². The van der Waals surface area contributed by atoms with Crippen LogP contribution in [0, 0.1) is 0 Å². The summed E-state index contributed by atoms with van der Waals surface area (Å²) in [7, 11) is 0. The molecule has 1 amide bonds. The highest BCUT2D eigenvalue weighted by Gasteiger charge is 2.19. The molecule has 0 aliphatic heterocycles. The first-order chi connectivity index (χ1) is 11.6. The van der Waals surface area contributed by atoms with E-state index in [0.29, 0.717) is 10.8 Å². The van der Waals surface area contributed by atoms with Crippen LogP contribution in [-0.4, -0.2) is 22.7 Å². The lowest BCUT2D eigenvalue weighted by Gasteiger charge is -2.20. The average Bonchev–Trinajstić information content (AvgIpc) is 2.58. The number of carbonyl (C=O) groups is 1. The minimum Gasteiger partial charge on any atom is -0.353 e. The Bertz CT molecular complexity index is 763. The zero-order valence-electron chi connectivity index (χ0n) is 14.2. The largest absolute Gasteiger partial charge is 0.353 e. The number of pyridine rings is 1. The lowest BCUT2D eigenvalue weighted by atomic mass is 9.94. The Labute approximate surface area is 152 Å². The average molecular weight is 363 g/mol. The summed E-state index contributed by atoms with van der Waals surface area (Å²) in [6.45, 7) is 4.11. The minimum atomic E-state index is 0.0952. The fraction of sp³-hybridized carbons (Fsp3) is 0.474. The number of hydrogen-bond donors (Lipinski definition) is 1. The first-order valence-electron chi connectivity index (χ1n) is 8.61. The molecule has 5 heteroatoms. The SMILES string of the molecule is CC[C@H](C)NC(=O)CSc1c2c(nc3cc(Cl)ccc13)CCCC2. The summed E-state index contributed by atoms with van der Waals surface area (Å²) < 4.78 is 0. The molecule has 0 fully saturated rings. The molecule has 1 heterocycles. The van der Waals surface area contributed by atoms with Crippen LogP contribution in [0.1, 0.15) is 44.4 Å². The molecule has 1 aromatic carbocycles. The van der Waals surface area contributed by atoms with Crippen LogP contribution in [-0.2, 0) is 17.6 Å². The molecule has 2 aromatic rings. The first kappa shape index (κ1) is 17.6. The van der Waals surface area contributed by atoms with Gasteiger partial charge in [0.05, 0.1) is 11.3 Å². The molecule has 0 saturated heterocycles. The van der Waals surface area contributed by atoms with Crippen LogP contribution in [0.15, 0.2) is 23.1 Å². The maximum Gasteiger partial charge on any atom is 0.230 e. The minimum absolute atomic E-state index is 0.0952. The van der Waals surface area contributed by atoms with Gasteiger partial charge in [-0.3, -0.25) is 9.78 Å². The van der Waals surface area contributed by atoms with E-state index in [0.717, 1.165) is 30.2 Å². The summed E-state index contributed by atoms with van der Waals surface area (Å²) in [6, 6.07) is 6.09. The third-order valence-electron chi connectivity index (χ3n) is 4.54. The zero-order chi connectivity index (χ0) is 17.1. The van der Waals surface area contributed by atoms with Crippen LogP contribution in [0.25, 0.3) is 10.9 Å². The van der Waals surface area contributed by atoms with Crippen molar-refractivity contribution in [1.82, 2.24) is 10.3 Å². The molecule has 1 N–H and O–H groups in total. The number of carbonyl (C=O) groups excluding carboxylic acids is 1. The molecule has 0 bridgehead atoms. The van der Waals surface area contributed by atoms with Crippen LogP contribution >= 0.6 is 23.4 Å². The molecule has 128 valence electrons. The summed E-state index contributed by atoms with van der Waals surface area (Å²) in [5.41, 5.74) is 3.45. The van der Waals surface area contributed by atoms with Crippen molar-refractivity contribution in [3.8, 4) is 0 Å². The van der Waals surface area contributed by atoms with E-state index >= 15 is 0 Å². The number of nitrogens with one attached hydrogen (secondary N) is 1. The van der Waals surface area contributed by atoms with Gasteiger partial charge in [-0.05, 0) is 56.7 Å². The monoisotopic (exact) mass is 362 g/mol. The standard InChI is InChI=1S/C19H23ClN2OS/c1-3-12(2)21-18(23)11-24-19-14-6-4-5-7-16(14)22-17-10-13(20)8-9-15(17)19/h8-10,12H,3-7,11H2,1-2H3,(H,21,23)/t12-/m0/s1. The lowest BCUT2D eigenvalue weighted by Crippen LogP contribution is -2.33. The Hall–Kier alpha value is -1.26. The van der Waals surface area contributed by atoms with E-state index in [9.17, 15) is 4.79 Å². The van der Waals surface area contributed by atoms with Gasteiger partial charge in [0.15, 0.2) is 0 Å².